The minimum Gasteiger partial charge on any atom is -0.497 e. The Kier molecular flexibility index (Phi) is 5.67. The number of rotatable bonds is 4. The van der Waals surface area contributed by atoms with E-state index in [1.54, 1.807) is 7.11 Å². The molecule has 0 aromatic heterocycles. The number of aliphatic hydroxyl groups is 1. The molecule has 74 valence electrons. The van der Waals surface area contributed by atoms with Crippen molar-refractivity contribution in [1.82, 2.24) is 6.15 Å². The zero-order valence-electron chi connectivity index (χ0n) is 7.79. The largest absolute Gasteiger partial charge is 0.497 e. The predicted octanol–water partition coefficient (Wildman–Crippen LogP) is 1.26. The molecular formula is C9H16N2O2. The number of ether oxygens (including phenoxy) is 1. The van der Waals surface area contributed by atoms with Crippen molar-refractivity contribution in [3.05, 3.63) is 24.3 Å². The first-order valence-corrected chi connectivity index (χ1v) is 3.85. The molecule has 0 atom stereocenters. The zero-order chi connectivity index (χ0) is 8.81. The lowest BCUT2D eigenvalue weighted by atomic mass is 10.3. The van der Waals surface area contributed by atoms with Gasteiger partial charge >= 0.3 is 0 Å². The third-order valence-corrected chi connectivity index (χ3v) is 1.53. The monoisotopic (exact) mass is 184 g/mol. The second kappa shape index (κ2) is 6.28. The molecular weight excluding hydrogens is 168 g/mol. The minimum absolute atomic E-state index is 0. The van der Waals surface area contributed by atoms with Crippen molar-refractivity contribution in [2.75, 3.05) is 25.6 Å². The van der Waals surface area contributed by atoms with E-state index in [1.807, 2.05) is 24.3 Å². The SMILES string of the molecule is COc1ccc(NCCO)cc1.N. The van der Waals surface area contributed by atoms with Crippen LogP contribution in [0.4, 0.5) is 5.69 Å². The van der Waals surface area contributed by atoms with Gasteiger partial charge in [0.15, 0.2) is 0 Å². The number of methoxy groups -OCH3 is 1. The van der Waals surface area contributed by atoms with E-state index in [0.717, 1.165) is 11.4 Å². The highest BCUT2D eigenvalue weighted by molar-refractivity contribution is 5.46. The van der Waals surface area contributed by atoms with E-state index >= 15 is 0 Å². The predicted molar refractivity (Wildman–Crippen MR) is 53.6 cm³/mol. The Morgan fingerprint density at radius 2 is 1.92 bits per heavy atom. The van der Waals surface area contributed by atoms with Crippen LogP contribution in [-0.4, -0.2) is 25.4 Å². The van der Waals surface area contributed by atoms with Crippen LogP contribution in [0.3, 0.4) is 0 Å². The molecule has 0 fully saturated rings. The first-order chi connectivity index (χ1) is 5.86. The number of hydrogen-bond donors (Lipinski definition) is 3. The standard InChI is InChI=1S/C9H13NO2.H3N/c1-12-9-4-2-8(3-5-9)10-6-7-11;/h2-5,10-11H,6-7H2,1H3;1H3. The molecule has 1 rings (SSSR count). The number of nitrogens with one attached hydrogen (secondary N) is 1. The first kappa shape index (κ1) is 11.7. The first-order valence-electron chi connectivity index (χ1n) is 3.85. The maximum absolute atomic E-state index is 8.54. The maximum atomic E-state index is 8.54. The quantitative estimate of drug-likeness (QED) is 0.658. The third-order valence-electron chi connectivity index (χ3n) is 1.53. The molecule has 0 spiro atoms. The lowest BCUT2D eigenvalue weighted by molar-refractivity contribution is 0.311. The summed E-state index contributed by atoms with van der Waals surface area (Å²) >= 11 is 0. The fourth-order valence-electron chi connectivity index (χ4n) is 0.909. The van der Waals surface area contributed by atoms with Crippen LogP contribution in [0.1, 0.15) is 0 Å². The molecule has 1 aromatic rings. The van der Waals surface area contributed by atoms with Gasteiger partial charge in [-0.1, -0.05) is 0 Å². The van der Waals surface area contributed by atoms with Gasteiger partial charge in [0.25, 0.3) is 0 Å². The van der Waals surface area contributed by atoms with Gasteiger partial charge in [-0.25, -0.2) is 0 Å². The summed E-state index contributed by atoms with van der Waals surface area (Å²) in [7, 11) is 1.64. The number of hydrogen-bond acceptors (Lipinski definition) is 4. The van der Waals surface area contributed by atoms with Crippen molar-refractivity contribution in [3.8, 4) is 5.75 Å². The summed E-state index contributed by atoms with van der Waals surface area (Å²) in [5.41, 5.74) is 0.991. The van der Waals surface area contributed by atoms with Crippen molar-refractivity contribution in [2.24, 2.45) is 0 Å². The molecule has 0 amide bonds. The lowest BCUT2D eigenvalue weighted by Gasteiger charge is -2.04. The van der Waals surface area contributed by atoms with Crippen LogP contribution in [0.5, 0.6) is 5.75 Å². The van der Waals surface area contributed by atoms with Gasteiger partial charge in [0, 0.05) is 12.2 Å². The van der Waals surface area contributed by atoms with Crippen molar-refractivity contribution < 1.29 is 9.84 Å². The van der Waals surface area contributed by atoms with E-state index in [1.165, 1.54) is 0 Å². The molecule has 4 nitrogen and oxygen atoms in total. The Hall–Kier alpha value is -1.26. The van der Waals surface area contributed by atoms with E-state index in [9.17, 15) is 0 Å². The molecule has 13 heavy (non-hydrogen) atoms. The van der Waals surface area contributed by atoms with Gasteiger partial charge in [0.1, 0.15) is 5.75 Å². The molecule has 0 heterocycles. The highest BCUT2D eigenvalue weighted by atomic mass is 16.5. The summed E-state index contributed by atoms with van der Waals surface area (Å²) in [5, 5.41) is 11.6. The van der Waals surface area contributed by atoms with E-state index in [-0.39, 0.29) is 12.8 Å². The van der Waals surface area contributed by atoms with Crippen molar-refractivity contribution in [1.29, 1.82) is 0 Å². The van der Waals surface area contributed by atoms with E-state index in [0.29, 0.717) is 6.54 Å². The van der Waals surface area contributed by atoms with E-state index in [4.69, 9.17) is 9.84 Å². The fraction of sp³-hybridized carbons (Fsp3) is 0.333. The van der Waals surface area contributed by atoms with Gasteiger partial charge < -0.3 is 21.3 Å². The van der Waals surface area contributed by atoms with Gasteiger partial charge in [-0.2, -0.15) is 0 Å². The van der Waals surface area contributed by atoms with Gasteiger partial charge in [0.05, 0.1) is 13.7 Å². The fourth-order valence-corrected chi connectivity index (χ4v) is 0.909. The van der Waals surface area contributed by atoms with Crippen LogP contribution in [-0.2, 0) is 0 Å². The lowest BCUT2D eigenvalue weighted by Crippen LogP contribution is -2.04. The summed E-state index contributed by atoms with van der Waals surface area (Å²) in [6.07, 6.45) is 0. The van der Waals surface area contributed by atoms with Crippen molar-refractivity contribution in [2.45, 2.75) is 0 Å². The second-order valence-corrected chi connectivity index (χ2v) is 2.38. The van der Waals surface area contributed by atoms with Crippen LogP contribution in [0.2, 0.25) is 0 Å². The molecule has 4 heteroatoms. The summed E-state index contributed by atoms with van der Waals surface area (Å²) in [6.45, 7) is 0.721. The van der Waals surface area contributed by atoms with Gasteiger partial charge in [-0.3, -0.25) is 0 Å². The molecule has 0 saturated carbocycles. The molecule has 0 unspecified atom stereocenters. The molecule has 0 saturated heterocycles. The van der Waals surface area contributed by atoms with Gasteiger partial charge in [-0.05, 0) is 24.3 Å². The topological polar surface area (TPSA) is 76.5 Å². The maximum Gasteiger partial charge on any atom is 0.119 e. The van der Waals surface area contributed by atoms with Gasteiger partial charge in [0.2, 0.25) is 0 Å². The molecule has 0 aliphatic heterocycles. The third kappa shape index (κ3) is 3.78. The molecule has 1 aromatic carbocycles. The summed E-state index contributed by atoms with van der Waals surface area (Å²) in [5.74, 6) is 0.838. The smallest absolute Gasteiger partial charge is 0.119 e. The van der Waals surface area contributed by atoms with Crippen LogP contribution in [0.25, 0.3) is 0 Å². The molecule has 0 radical (unpaired) electrons. The number of anilines is 1. The van der Waals surface area contributed by atoms with Crippen molar-refractivity contribution >= 4 is 5.69 Å². The highest BCUT2D eigenvalue weighted by Crippen LogP contribution is 2.14. The van der Waals surface area contributed by atoms with Crippen LogP contribution < -0.4 is 16.2 Å². The number of aliphatic hydroxyl groups excluding tert-OH is 1. The Labute approximate surface area is 78.1 Å². The van der Waals surface area contributed by atoms with Crippen LogP contribution >= 0.6 is 0 Å². The van der Waals surface area contributed by atoms with Crippen molar-refractivity contribution in [3.63, 3.8) is 0 Å². The summed E-state index contributed by atoms with van der Waals surface area (Å²) in [4.78, 5) is 0. The normalized spacial score (nSPS) is 8.77. The number of benzene rings is 1. The Balaban J connectivity index is 0.00000144. The highest BCUT2D eigenvalue weighted by Gasteiger charge is 1.91. The van der Waals surface area contributed by atoms with E-state index < -0.39 is 0 Å². The molecule has 0 aliphatic carbocycles. The van der Waals surface area contributed by atoms with E-state index in [2.05, 4.69) is 5.32 Å². The summed E-state index contributed by atoms with van der Waals surface area (Å²) < 4.78 is 5.00. The van der Waals surface area contributed by atoms with Crippen LogP contribution in [0, 0.1) is 0 Å². The molecule has 5 N–H and O–H groups in total. The average Bonchev–Trinajstić information content (AvgIpc) is 2.15. The minimum atomic E-state index is 0. The Morgan fingerprint density at radius 1 is 1.31 bits per heavy atom. The van der Waals surface area contributed by atoms with Crippen LogP contribution in [0.15, 0.2) is 24.3 Å². The Bertz CT molecular complexity index is 224. The van der Waals surface area contributed by atoms with Gasteiger partial charge in [-0.15, -0.1) is 0 Å². The molecule has 0 aliphatic rings. The zero-order valence-corrected chi connectivity index (χ0v) is 7.79. The average molecular weight is 184 g/mol. The summed E-state index contributed by atoms with van der Waals surface area (Å²) in [6, 6.07) is 7.57. The Morgan fingerprint density at radius 3 is 2.38 bits per heavy atom. The second-order valence-electron chi connectivity index (χ2n) is 2.38. The molecule has 0 bridgehead atoms.